The molecule has 7 nitrogen and oxygen atoms in total. The molecular weight excluding hydrogens is 383 g/mol. The van der Waals surface area contributed by atoms with E-state index in [0.29, 0.717) is 13.2 Å². The number of halogens is 1. The quantitative estimate of drug-likeness (QED) is 0.637. The Hall–Kier alpha value is -1.81. The van der Waals surface area contributed by atoms with Crippen LogP contribution in [0.25, 0.3) is 0 Å². The van der Waals surface area contributed by atoms with Crippen molar-refractivity contribution in [2.75, 3.05) is 32.8 Å². The second-order valence-electron chi connectivity index (χ2n) is 7.02. The average Bonchev–Trinajstić information content (AvgIpc) is 3.30. The Morgan fingerprint density at radius 2 is 2.00 bits per heavy atom. The van der Waals surface area contributed by atoms with Crippen LogP contribution in [0.5, 0.6) is 0 Å². The summed E-state index contributed by atoms with van der Waals surface area (Å²) in [6.45, 7) is 4.71. The average molecular weight is 411 g/mol. The largest absolute Gasteiger partial charge is 0.375 e. The first kappa shape index (κ1) is 20.9. The minimum Gasteiger partial charge on any atom is -0.375 e. The van der Waals surface area contributed by atoms with Crippen molar-refractivity contribution in [3.63, 3.8) is 0 Å². The molecule has 9 heteroatoms. The molecular formula is C19H27FN4O3S. The maximum Gasteiger partial charge on any atom is 0.262 e. The standard InChI is InChI=1S/C19H27FN4O3S/c1-3-8-21-9-10-27-18-12-24(28(25,26)19-13-23(2)14-22-19)11-17(18)15-4-6-16(20)7-5-15/h4-7,13-14,17-18,21H,3,8-12H2,1-2H3. The predicted octanol–water partition coefficient (Wildman–Crippen LogP) is 1.73. The molecule has 0 bridgehead atoms. The van der Waals surface area contributed by atoms with Gasteiger partial charge in [-0.25, -0.2) is 17.8 Å². The second-order valence-corrected chi connectivity index (χ2v) is 8.90. The summed E-state index contributed by atoms with van der Waals surface area (Å²) in [4.78, 5) is 4.00. The van der Waals surface area contributed by atoms with Crippen molar-refractivity contribution in [1.29, 1.82) is 0 Å². The van der Waals surface area contributed by atoms with Gasteiger partial charge < -0.3 is 14.6 Å². The zero-order valence-corrected chi connectivity index (χ0v) is 17.0. The molecule has 2 unspecified atom stereocenters. The van der Waals surface area contributed by atoms with Crippen molar-refractivity contribution in [1.82, 2.24) is 19.2 Å². The number of benzene rings is 1. The Balaban J connectivity index is 1.76. The fourth-order valence-electron chi connectivity index (χ4n) is 3.37. The number of hydrogen-bond acceptors (Lipinski definition) is 5. The Kier molecular flexibility index (Phi) is 6.82. The van der Waals surface area contributed by atoms with Crippen molar-refractivity contribution < 1.29 is 17.5 Å². The molecule has 1 N–H and O–H groups in total. The summed E-state index contributed by atoms with van der Waals surface area (Å²) in [5.41, 5.74) is 0.867. The van der Waals surface area contributed by atoms with Crippen LogP contribution in [-0.4, -0.2) is 61.2 Å². The Morgan fingerprint density at radius 1 is 1.25 bits per heavy atom. The molecule has 1 aromatic carbocycles. The lowest BCUT2D eigenvalue weighted by molar-refractivity contribution is 0.0552. The van der Waals surface area contributed by atoms with Gasteiger partial charge in [-0.1, -0.05) is 19.1 Å². The third-order valence-corrected chi connectivity index (χ3v) is 6.57. The number of hydrogen-bond donors (Lipinski definition) is 1. The molecule has 3 rings (SSSR count). The molecule has 0 saturated carbocycles. The summed E-state index contributed by atoms with van der Waals surface area (Å²) in [7, 11) is -1.98. The van der Waals surface area contributed by atoms with Crippen LogP contribution < -0.4 is 5.32 Å². The first-order valence-corrected chi connectivity index (χ1v) is 10.9. The number of imidazole rings is 1. The summed E-state index contributed by atoms with van der Waals surface area (Å²) >= 11 is 0. The minimum atomic E-state index is -3.71. The van der Waals surface area contributed by atoms with E-state index in [9.17, 15) is 12.8 Å². The lowest BCUT2D eigenvalue weighted by Gasteiger charge is -2.19. The van der Waals surface area contributed by atoms with Gasteiger partial charge in [0.15, 0.2) is 5.03 Å². The molecule has 1 aromatic heterocycles. The maximum atomic E-state index is 13.3. The van der Waals surface area contributed by atoms with Crippen LogP contribution in [-0.2, 0) is 21.8 Å². The molecule has 2 atom stereocenters. The fourth-order valence-corrected chi connectivity index (χ4v) is 4.82. The number of nitrogens with one attached hydrogen (secondary N) is 1. The van der Waals surface area contributed by atoms with E-state index in [1.807, 2.05) is 0 Å². The van der Waals surface area contributed by atoms with E-state index in [-0.39, 0.29) is 36.0 Å². The van der Waals surface area contributed by atoms with Crippen molar-refractivity contribution in [2.24, 2.45) is 7.05 Å². The molecule has 0 spiro atoms. The number of ether oxygens (including phenoxy) is 1. The SMILES string of the molecule is CCCNCCOC1CN(S(=O)(=O)c2cn(C)cn2)CC1c1ccc(F)cc1. The lowest BCUT2D eigenvalue weighted by atomic mass is 9.96. The molecule has 2 heterocycles. The zero-order valence-electron chi connectivity index (χ0n) is 16.2. The zero-order chi connectivity index (χ0) is 20.1. The highest BCUT2D eigenvalue weighted by molar-refractivity contribution is 7.89. The minimum absolute atomic E-state index is 0.0260. The Bertz CT molecular complexity index is 870. The number of aryl methyl sites for hydroxylation is 1. The molecule has 0 aliphatic carbocycles. The van der Waals surface area contributed by atoms with E-state index < -0.39 is 10.0 Å². The molecule has 2 aromatic rings. The lowest BCUT2D eigenvalue weighted by Crippen LogP contribution is -2.31. The van der Waals surface area contributed by atoms with Gasteiger partial charge in [-0.05, 0) is 30.7 Å². The van der Waals surface area contributed by atoms with Crippen molar-refractivity contribution in [3.8, 4) is 0 Å². The van der Waals surface area contributed by atoms with Crippen LogP contribution in [0.1, 0.15) is 24.8 Å². The molecule has 1 aliphatic rings. The van der Waals surface area contributed by atoms with Gasteiger partial charge in [-0.2, -0.15) is 4.31 Å². The fraction of sp³-hybridized carbons (Fsp3) is 0.526. The first-order chi connectivity index (χ1) is 13.4. The number of sulfonamides is 1. The molecule has 0 amide bonds. The van der Waals surface area contributed by atoms with Crippen molar-refractivity contribution in [2.45, 2.75) is 30.4 Å². The van der Waals surface area contributed by atoms with Crippen molar-refractivity contribution in [3.05, 3.63) is 48.2 Å². The van der Waals surface area contributed by atoms with Gasteiger partial charge >= 0.3 is 0 Å². The van der Waals surface area contributed by atoms with Gasteiger partial charge in [0.05, 0.1) is 19.0 Å². The summed E-state index contributed by atoms with van der Waals surface area (Å²) in [5, 5.41) is 3.30. The highest BCUT2D eigenvalue weighted by atomic mass is 32.2. The van der Waals surface area contributed by atoms with Gasteiger partial charge in [0.1, 0.15) is 5.82 Å². The predicted molar refractivity (Wildman–Crippen MR) is 104 cm³/mol. The van der Waals surface area contributed by atoms with Gasteiger partial charge in [-0.15, -0.1) is 0 Å². The highest BCUT2D eigenvalue weighted by Crippen LogP contribution is 2.33. The smallest absolute Gasteiger partial charge is 0.262 e. The number of nitrogens with zero attached hydrogens (tertiary/aromatic N) is 3. The van der Waals surface area contributed by atoms with Crippen LogP contribution in [0.2, 0.25) is 0 Å². The van der Waals surface area contributed by atoms with Gasteiger partial charge in [0.25, 0.3) is 10.0 Å². The van der Waals surface area contributed by atoms with E-state index in [1.165, 1.54) is 29.0 Å². The summed E-state index contributed by atoms with van der Waals surface area (Å²) < 4.78 is 48.3. The van der Waals surface area contributed by atoms with Crippen LogP contribution in [0.3, 0.4) is 0 Å². The molecule has 1 fully saturated rings. The first-order valence-electron chi connectivity index (χ1n) is 9.47. The van der Waals surface area contributed by atoms with Crippen LogP contribution in [0.4, 0.5) is 4.39 Å². The monoisotopic (exact) mass is 410 g/mol. The summed E-state index contributed by atoms with van der Waals surface area (Å²) in [5.74, 6) is -0.480. The molecule has 1 saturated heterocycles. The van der Waals surface area contributed by atoms with Crippen LogP contribution >= 0.6 is 0 Å². The normalized spacial score (nSPS) is 20.7. The third-order valence-electron chi connectivity index (χ3n) is 4.85. The number of aromatic nitrogens is 2. The topological polar surface area (TPSA) is 76.5 Å². The second kappa shape index (κ2) is 9.13. The molecule has 154 valence electrons. The van der Waals surface area contributed by atoms with E-state index in [1.54, 1.807) is 23.7 Å². The number of rotatable bonds is 9. The van der Waals surface area contributed by atoms with E-state index in [4.69, 9.17) is 4.74 Å². The molecule has 28 heavy (non-hydrogen) atoms. The van der Waals surface area contributed by atoms with Crippen LogP contribution in [0, 0.1) is 5.82 Å². The molecule has 1 aliphatic heterocycles. The van der Waals surface area contributed by atoms with Gasteiger partial charge in [-0.3, -0.25) is 0 Å². The molecule has 0 radical (unpaired) electrons. The van der Waals surface area contributed by atoms with Gasteiger partial charge in [0, 0.05) is 38.8 Å². The third kappa shape index (κ3) is 4.78. The van der Waals surface area contributed by atoms with E-state index >= 15 is 0 Å². The maximum absolute atomic E-state index is 13.3. The van der Waals surface area contributed by atoms with Crippen LogP contribution in [0.15, 0.2) is 41.8 Å². The Morgan fingerprint density at radius 3 is 2.64 bits per heavy atom. The van der Waals surface area contributed by atoms with E-state index in [2.05, 4.69) is 17.2 Å². The van der Waals surface area contributed by atoms with Gasteiger partial charge in [0.2, 0.25) is 0 Å². The summed E-state index contributed by atoms with van der Waals surface area (Å²) in [6, 6.07) is 6.18. The van der Waals surface area contributed by atoms with Crippen molar-refractivity contribution >= 4 is 10.0 Å². The Labute approximate surface area is 165 Å². The summed E-state index contributed by atoms with van der Waals surface area (Å²) in [6.07, 6.45) is 3.70. The van der Waals surface area contributed by atoms with E-state index in [0.717, 1.165) is 18.5 Å². The highest BCUT2D eigenvalue weighted by Gasteiger charge is 2.41.